The Balaban J connectivity index is 1.69. The SMILES string of the molecule is CCn1cc(CC(NN)C2COc3ccccc3O2)cn1. The highest BCUT2D eigenvalue weighted by molar-refractivity contribution is 5.40. The van der Waals surface area contributed by atoms with Gasteiger partial charge in [0, 0.05) is 12.7 Å². The number of fused-ring (bicyclic) bond motifs is 1. The molecule has 1 aromatic heterocycles. The average Bonchev–Trinajstić information content (AvgIpc) is 3.00. The van der Waals surface area contributed by atoms with Gasteiger partial charge in [-0.05, 0) is 31.0 Å². The molecule has 2 unspecified atom stereocenters. The summed E-state index contributed by atoms with van der Waals surface area (Å²) in [6.07, 6.45) is 4.51. The van der Waals surface area contributed by atoms with Crippen molar-refractivity contribution in [3.63, 3.8) is 0 Å². The van der Waals surface area contributed by atoms with Crippen LogP contribution < -0.4 is 20.7 Å². The maximum Gasteiger partial charge on any atom is 0.161 e. The van der Waals surface area contributed by atoms with Crippen LogP contribution in [0.3, 0.4) is 0 Å². The molecular weight excluding hydrogens is 268 g/mol. The van der Waals surface area contributed by atoms with Crippen LogP contribution in [0.1, 0.15) is 12.5 Å². The van der Waals surface area contributed by atoms with Crippen LogP contribution in [-0.2, 0) is 13.0 Å². The van der Waals surface area contributed by atoms with Crippen molar-refractivity contribution in [2.75, 3.05) is 6.61 Å². The van der Waals surface area contributed by atoms with E-state index in [1.807, 2.05) is 41.3 Å². The Morgan fingerprint density at radius 3 is 2.95 bits per heavy atom. The zero-order valence-electron chi connectivity index (χ0n) is 12.0. The van der Waals surface area contributed by atoms with Crippen LogP contribution >= 0.6 is 0 Å². The minimum Gasteiger partial charge on any atom is -0.486 e. The number of rotatable bonds is 5. The number of benzene rings is 1. The molecule has 2 heterocycles. The molecule has 2 aromatic rings. The monoisotopic (exact) mass is 288 g/mol. The third kappa shape index (κ3) is 3.01. The molecule has 0 spiro atoms. The molecule has 6 heteroatoms. The summed E-state index contributed by atoms with van der Waals surface area (Å²) >= 11 is 0. The number of nitrogens with one attached hydrogen (secondary N) is 1. The lowest BCUT2D eigenvalue weighted by atomic mass is 10.0. The maximum atomic E-state index is 6.00. The van der Waals surface area contributed by atoms with Gasteiger partial charge in [0.2, 0.25) is 0 Å². The highest BCUT2D eigenvalue weighted by Gasteiger charge is 2.28. The standard InChI is InChI=1S/C15H20N4O2/c1-2-19-9-11(8-17-19)7-12(18-16)15-10-20-13-5-3-4-6-14(13)21-15/h3-6,8-9,12,15,18H,2,7,10,16H2,1H3. The van der Waals surface area contributed by atoms with E-state index < -0.39 is 0 Å². The average molecular weight is 288 g/mol. The van der Waals surface area contributed by atoms with Crippen LogP contribution in [0.25, 0.3) is 0 Å². The first-order valence-electron chi connectivity index (χ1n) is 7.16. The number of ether oxygens (including phenoxy) is 2. The van der Waals surface area contributed by atoms with E-state index in [2.05, 4.69) is 17.4 Å². The van der Waals surface area contributed by atoms with Crippen LogP contribution in [0.5, 0.6) is 11.5 Å². The van der Waals surface area contributed by atoms with Gasteiger partial charge in [0.05, 0.1) is 12.2 Å². The summed E-state index contributed by atoms with van der Waals surface area (Å²) in [5.74, 6) is 7.24. The van der Waals surface area contributed by atoms with E-state index in [1.165, 1.54) is 0 Å². The molecule has 21 heavy (non-hydrogen) atoms. The van der Waals surface area contributed by atoms with Crippen molar-refractivity contribution >= 4 is 0 Å². The first kappa shape index (κ1) is 13.9. The fraction of sp³-hybridized carbons (Fsp3) is 0.400. The molecule has 112 valence electrons. The lowest BCUT2D eigenvalue weighted by molar-refractivity contribution is 0.0619. The number of hydrazine groups is 1. The first-order chi connectivity index (χ1) is 10.3. The third-order valence-electron chi connectivity index (χ3n) is 3.66. The van der Waals surface area contributed by atoms with Gasteiger partial charge in [0.25, 0.3) is 0 Å². The molecule has 0 aliphatic carbocycles. The molecule has 0 amide bonds. The predicted molar refractivity (Wildman–Crippen MR) is 79.1 cm³/mol. The molecule has 2 atom stereocenters. The van der Waals surface area contributed by atoms with Crippen molar-refractivity contribution in [3.8, 4) is 11.5 Å². The van der Waals surface area contributed by atoms with Gasteiger partial charge >= 0.3 is 0 Å². The molecule has 6 nitrogen and oxygen atoms in total. The Bertz CT molecular complexity index is 599. The number of nitrogens with two attached hydrogens (primary N) is 1. The molecule has 0 bridgehead atoms. The van der Waals surface area contributed by atoms with Gasteiger partial charge in [0.1, 0.15) is 12.7 Å². The Morgan fingerprint density at radius 2 is 2.24 bits per heavy atom. The van der Waals surface area contributed by atoms with E-state index in [4.69, 9.17) is 15.3 Å². The number of para-hydroxylation sites is 2. The van der Waals surface area contributed by atoms with Crippen molar-refractivity contribution in [1.82, 2.24) is 15.2 Å². The number of nitrogens with zero attached hydrogens (tertiary/aromatic N) is 2. The quantitative estimate of drug-likeness (QED) is 0.637. The second kappa shape index (κ2) is 6.15. The lowest BCUT2D eigenvalue weighted by Crippen LogP contribution is -2.51. The van der Waals surface area contributed by atoms with E-state index in [0.717, 1.165) is 30.0 Å². The largest absolute Gasteiger partial charge is 0.486 e. The fourth-order valence-electron chi connectivity index (χ4n) is 2.47. The molecule has 0 fully saturated rings. The number of hydrogen-bond donors (Lipinski definition) is 2. The minimum absolute atomic E-state index is 0.0344. The zero-order chi connectivity index (χ0) is 14.7. The smallest absolute Gasteiger partial charge is 0.161 e. The number of aryl methyl sites for hydroxylation is 1. The summed E-state index contributed by atoms with van der Waals surface area (Å²) in [5.41, 5.74) is 3.96. The van der Waals surface area contributed by atoms with Crippen LogP contribution in [0.15, 0.2) is 36.7 Å². The minimum atomic E-state index is -0.130. The maximum absolute atomic E-state index is 6.00. The molecule has 1 aliphatic heterocycles. The highest BCUT2D eigenvalue weighted by atomic mass is 16.6. The van der Waals surface area contributed by atoms with Crippen molar-refractivity contribution in [2.45, 2.75) is 32.0 Å². The molecule has 0 saturated heterocycles. The van der Waals surface area contributed by atoms with Crippen LogP contribution in [0.4, 0.5) is 0 Å². The summed E-state index contributed by atoms with van der Waals surface area (Å²) in [5, 5.41) is 4.28. The van der Waals surface area contributed by atoms with Crippen LogP contribution in [-0.4, -0.2) is 28.5 Å². The van der Waals surface area contributed by atoms with Gasteiger partial charge in [-0.15, -0.1) is 0 Å². The summed E-state index contributed by atoms with van der Waals surface area (Å²) in [7, 11) is 0. The summed E-state index contributed by atoms with van der Waals surface area (Å²) in [4.78, 5) is 0. The normalized spacial score (nSPS) is 18.5. The molecule has 0 saturated carbocycles. The Labute approximate surface area is 123 Å². The fourth-order valence-corrected chi connectivity index (χ4v) is 2.47. The van der Waals surface area contributed by atoms with Crippen LogP contribution in [0.2, 0.25) is 0 Å². The second-order valence-corrected chi connectivity index (χ2v) is 5.10. The summed E-state index contributed by atoms with van der Waals surface area (Å²) in [6.45, 7) is 3.40. The summed E-state index contributed by atoms with van der Waals surface area (Å²) < 4.78 is 13.6. The molecule has 1 aliphatic rings. The van der Waals surface area contributed by atoms with Gasteiger partial charge in [0.15, 0.2) is 11.5 Å². The van der Waals surface area contributed by atoms with E-state index in [-0.39, 0.29) is 12.1 Å². The highest BCUT2D eigenvalue weighted by Crippen LogP contribution is 2.31. The van der Waals surface area contributed by atoms with Crippen molar-refractivity contribution in [3.05, 3.63) is 42.2 Å². The lowest BCUT2D eigenvalue weighted by Gasteiger charge is -2.31. The van der Waals surface area contributed by atoms with E-state index in [1.54, 1.807) is 0 Å². The third-order valence-corrected chi connectivity index (χ3v) is 3.66. The second-order valence-electron chi connectivity index (χ2n) is 5.10. The Kier molecular flexibility index (Phi) is 4.08. The molecule has 3 N–H and O–H groups in total. The van der Waals surface area contributed by atoms with E-state index in [0.29, 0.717) is 6.61 Å². The van der Waals surface area contributed by atoms with Gasteiger partial charge < -0.3 is 9.47 Å². The zero-order valence-corrected chi connectivity index (χ0v) is 12.0. The molecule has 0 radical (unpaired) electrons. The van der Waals surface area contributed by atoms with E-state index in [9.17, 15) is 0 Å². The van der Waals surface area contributed by atoms with Gasteiger partial charge in [-0.25, -0.2) is 0 Å². The van der Waals surface area contributed by atoms with Gasteiger partial charge in [-0.3, -0.25) is 16.0 Å². The van der Waals surface area contributed by atoms with Gasteiger partial charge in [-0.1, -0.05) is 12.1 Å². The van der Waals surface area contributed by atoms with Gasteiger partial charge in [-0.2, -0.15) is 5.10 Å². The van der Waals surface area contributed by atoms with E-state index >= 15 is 0 Å². The first-order valence-corrected chi connectivity index (χ1v) is 7.16. The molecule has 1 aromatic carbocycles. The van der Waals surface area contributed by atoms with Crippen molar-refractivity contribution < 1.29 is 9.47 Å². The Morgan fingerprint density at radius 1 is 1.43 bits per heavy atom. The van der Waals surface area contributed by atoms with Crippen LogP contribution in [0, 0.1) is 0 Å². The molecule has 3 rings (SSSR count). The topological polar surface area (TPSA) is 74.3 Å². The summed E-state index contributed by atoms with van der Waals surface area (Å²) in [6, 6.07) is 7.64. The van der Waals surface area contributed by atoms with Crippen molar-refractivity contribution in [2.24, 2.45) is 5.84 Å². The number of hydrogen-bond acceptors (Lipinski definition) is 5. The Hall–Kier alpha value is -2.05. The number of aromatic nitrogens is 2. The molecular formula is C15H20N4O2. The predicted octanol–water partition coefficient (Wildman–Crippen LogP) is 1.12. The van der Waals surface area contributed by atoms with Crippen molar-refractivity contribution in [1.29, 1.82) is 0 Å².